The van der Waals surface area contributed by atoms with E-state index in [9.17, 15) is 0 Å². The zero-order valence-electron chi connectivity index (χ0n) is 10.1. The molecule has 3 heteroatoms. The second-order valence-electron chi connectivity index (χ2n) is 4.77. The molecule has 1 saturated carbocycles. The number of hydrogen-bond acceptors (Lipinski definition) is 2. The van der Waals surface area contributed by atoms with Crippen LogP contribution in [0, 0.1) is 0 Å². The number of thioether (sulfide) groups is 1. The van der Waals surface area contributed by atoms with Crippen molar-refractivity contribution in [3.63, 3.8) is 0 Å². The van der Waals surface area contributed by atoms with E-state index in [2.05, 4.69) is 40.2 Å². The van der Waals surface area contributed by atoms with E-state index in [0.717, 1.165) is 4.47 Å². The Kier molecular flexibility index (Phi) is 5.39. The van der Waals surface area contributed by atoms with Gasteiger partial charge in [-0.2, -0.15) is 0 Å². The summed E-state index contributed by atoms with van der Waals surface area (Å²) in [6.07, 6.45) is 7.84. The maximum absolute atomic E-state index is 6.30. The maximum Gasteiger partial charge on any atom is 0.0246 e. The Labute approximate surface area is 117 Å². The van der Waals surface area contributed by atoms with Crippen LogP contribution in [-0.4, -0.2) is 11.3 Å². The average molecular weight is 314 g/mol. The molecular formula is C14H20BrNS. The molecule has 2 unspecified atom stereocenters. The Hall–Kier alpha value is 0.01000. The zero-order valence-corrected chi connectivity index (χ0v) is 12.5. The van der Waals surface area contributed by atoms with Gasteiger partial charge in [0.05, 0.1) is 0 Å². The van der Waals surface area contributed by atoms with Gasteiger partial charge < -0.3 is 5.73 Å². The number of hydrogen-bond donors (Lipinski definition) is 1. The standard InChI is InChI=1S/C14H20BrNS/c15-11-7-9-12(10-8-11)17-14-6-4-2-1-3-5-13(14)16/h7-10,13-14H,1-6,16H2. The summed E-state index contributed by atoms with van der Waals surface area (Å²) in [4.78, 5) is 1.34. The van der Waals surface area contributed by atoms with Crippen LogP contribution < -0.4 is 5.73 Å². The SMILES string of the molecule is NC1CCCCCCC1Sc1ccc(Br)cc1. The molecule has 1 nitrogen and oxygen atoms in total. The van der Waals surface area contributed by atoms with Gasteiger partial charge in [0, 0.05) is 20.7 Å². The van der Waals surface area contributed by atoms with E-state index < -0.39 is 0 Å². The van der Waals surface area contributed by atoms with Crippen LogP contribution in [0.1, 0.15) is 38.5 Å². The largest absolute Gasteiger partial charge is 0.327 e. The van der Waals surface area contributed by atoms with E-state index in [1.54, 1.807) is 0 Å². The van der Waals surface area contributed by atoms with E-state index in [-0.39, 0.29) is 0 Å². The second kappa shape index (κ2) is 6.81. The van der Waals surface area contributed by atoms with Crippen molar-refractivity contribution in [1.82, 2.24) is 0 Å². The van der Waals surface area contributed by atoms with E-state index >= 15 is 0 Å². The van der Waals surface area contributed by atoms with Gasteiger partial charge in [0.1, 0.15) is 0 Å². The third-order valence-electron chi connectivity index (χ3n) is 3.35. The van der Waals surface area contributed by atoms with Gasteiger partial charge >= 0.3 is 0 Å². The highest BCUT2D eigenvalue weighted by Gasteiger charge is 2.20. The summed E-state index contributed by atoms with van der Waals surface area (Å²) in [6, 6.07) is 8.94. The third kappa shape index (κ3) is 4.31. The second-order valence-corrected chi connectivity index (χ2v) is 6.99. The van der Waals surface area contributed by atoms with E-state index in [4.69, 9.17) is 5.73 Å². The molecule has 1 aromatic carbocycles. The smallest absolute Gasteiger partial charge is 0.0246 e. The molecule has 2 atom stereocenters. The van der Waals surface area contributed by atoms with Gasteiger partial charge in [-0.05, 0) is 37.1 Å². The molecular weight excluding hydrogens is 294 g/mol. The summed E-state index contributed by atoms with van der Waals surface area (Å²) in [6.45, 7) is 0. The Balaban J connectivity index is 1.97. The molecule has 2 N–H and O–H groups in total. The molecule has 0 aromatic heterocycles. The molecule has 1 aliphatic rings. The molecule has 0 radical (unpaired) electrons. The first-order valence-electron chi connectivity index (χ1n) is 6.43. The van der Waals surface area contributed by atoms with Gasteiger partial charge in [-0.3, -0.25) is 0 Å². The number of benzene rings is 1. The quantitative estimate of drug-likeness (QED) is 0.864. The fraction of sp³-hybridized carbons (Fsp3) is 0.571. The van der Waals surface area contributed by atoms with Crippen molar-refractivity contribution in [2.24, 2.45) is 5.73 Å². The maximum atomic E-state index is 6.30. The number of halogens is 1. The lowest BCUT2D eigenvalue weighted by Gasteiger charge is -2.25. The van der Waals surface area contributed by atoms with Crippen molar-refractivity contribution < 1.29 is 0 Å². The normalized spacial score (nSPS) is 26.2. The number of nitrogens with two attached hydrogens (primary N) is 1. The molecule has 17 heavy (non-hydrogen) atoms. The molecule has 2 rings (SSSR count). The van der Waals surface area contributed by atoms with Crippen LogP contribution in [0.25, 0.3) is 0 Å². The summed E-state index contributed by atoms with van der Waals surface area (Å²) < 4.78 is 1.14. The molecule has 0 spiro atoms. The Morgan fingerprint density at radius 2 is 1.65 bits per heavy atom. The first-order valence-corrected chi connectivity index (χ1v) is 8.11. The van der Waals surface area contributed by atoms with Crippen molar-refractivity contribution in [3.8, 4) is 0 Å². The molecule has 0 amide bonds. The Bertz CT molecular complexity index is 339. The minimum atomic E-state index is 0.365. The van der Waals surface area contributed by atoms with Crippen molar-refractivity contribution >= 4 is 27.7 Å². The molecule has 0 heterocycles. The summed E-state index contributed by atoms with van der Waals surface area (Å²) in [5.74, 6) is 0. The van der Waals surface area contributed by atoms with Gasteiger partial charge in [0.2, 0.25) is 0 Å². The van der Waals surface area contributed by atoms with Gasteiger partial charge in [-0.1, -0.05) is 41.6 Å². The van der Waals surface area contributed by atoms with Gasteiger partial charge in [-0.15, -0.1) is 11.8 Å². The highest BCUT2D eigenvalue weighted by Crippen LogP contribution is 2.32. The van der Waals surface area contributed by atoms with Crippen LogP contribution in [0.3, 0.4) is 0 Å². The molecule has 1 aromatic rings. The van der Waals surface area contributed by atoms with Crippen LogP contribution >= 0.6 is 27.7 Å². The van der Waals surface area contributed by atoms with Crippen LogP contribution in [0.15, 0.2) is 33.6 Å². The minimum Gasteiger partial charge on any atom is -0.327 e. The monoisotopic (exact) mass is 313 g/mol. The van der Waals surface area contributed by atoms with Crippen molar-refractivity contribution in [1.29, 1.82) is 0 Å². The van der Waals surface area contributed by atoms with Crippen molar-refractivity contribution in [3.05, 3.63) is 28.7 Å². The van der Waals surface area contributed by atoms with Gasteiger partial charge in [0.25, 0.3) is 0 Å². The van der Waals surface area contributed by atoms with Crippen LogP contribution in [0.2, 0.25) is 0 Å². The highest BCUT2D eigenvalue weighted by atomic mass is 79.9. The summed E-state index contributed by atoms with van der Waals surface area (Å²) in [5, 5.41) is 0.594. The molecule has 1 aliphatic carbocycles. The van der Waals surface area contributed by atoms with Crippen LogP contribution in [0.5, 0.6) is 0 Å². The molecule has 0 aliphatic heterocycles. The van der Waals surface area contributed by atoms with Crippen molar-refractivity contribution in [2.75, 3.05) is 0 Å². The Morgan fingerprint density at radius 3 is 2.35 bits per heavy atom. The molecule has 94 valence electrons. The third-order valence-corrected chi connectivity index (χ3v) is 5.32. The van der Waals surface area contributed by atoms with Crippen LogP contribution in [0.4, 0.5) is 0 Å². The fourth-order valence-corrected chi connectivity index (χ4v) is 3.82. The summed E-state index contributed by atoms with van der Waals surface area (Å²) in [5.41, 5.74) is 6.30. The fourth-order valence-electron chi connectivity index (χ4n) is 2.31. The van der Waals surface area contributed by atoms with E-state index in [0.29, 0.717) is 11.3 Å². The zero-order chi connectivity index (χ0) is 12.1. The topological polar surface area (TPSA) is 26.0 Å². The van der Waals surface area contributed by atoms with E-state index in [1.807, 2.05) is 11.8 Å². The predicted molar refractivity (Wildman–Crippen MR) is 79.5 cm³/mol. The lowest BCUT2D eigenvalue weighted by atomic mass is 9.97. The van der Waals surface area contributed by atoms with Gasteiger partial charge in [0.15, 0.2) is 0 Å². The summed E-state index contributed by atoms with van der Waals surface area (Å²) >= 11 is 5.43. The minimum absolute atomic E-state index is 0.365. The molecule has 0 bridgehead atoms. The molecule has 1 fully saturated rings. The lowest BCUT2D eigenvalue weighted by molar-refractivity contribution is 0.463. The predicted octanol–water partition coefficient (Wildman–Crippen LogP) is 4.59. The first kappa shape index (κ1) is 13.4. The highest BCUT2D eigenvalue weighted by molar-refractivity contribution is 9.10. The molecule has 0 saturated heterocycles. The number of rotatable bonds is 2. The van der Waals surface area contributed by atoms with Gasteiger partial charge in [-0.25, -0.2) is 0 Å². The van der Waals surface area contributed by atoms with Crippen molar-refractivity contribution in [2.45, 2.75) is 54.7 Å². The first-order chi connectivity index (χ1) is 8.25. The Morgan fingerprint density at radius 1 is 1.00 bits per heavy atom. The lowest BCUT2D eigenvalue weighted by Crippen LogP contribution is -2.33. The summed E-state index contributed by atoms with van der Waals surface area (Å²) in [7, 11) is 0. The van der Waals surface area contributed by atoms with Crippen LogP contribution in [-0.2, 0) is 0 Å². The average Bonchev–Trinajstić information content (AvgIpc) is 2.31. The van der Waals surface area contributed by atoms with E-state index in [1.165, 1.54) is 43.4 Å².